The van der Waals surface area contributed by atoms with Crippen molar-refractivity contribution in [2.75, 3.05) is 18.0 Å². The molecule has 1 N–H and O–H groups in total. The molecule has 5 heteroatoms. The monoisotopic (exact) mass is 296 g/mol. The third kappa shape index (κ3) is 2.43. The van der Waals surface area contributed by atoms with Crippen molar-refractivity contribution in [2.45, 2.75) is 18.8 Å². The molecule has 0 unspecified atom stereocenters. The van der Waals surface area contributed by atoms with Crippen LogP contribution in [0.25, 0.3) is 11.0 Å². The first-order chi connectivity index (χ1) is 10.8. The van der Waals surface area contributed by atoms with E-state index < -0.39 is 5.95 Å². The fraction of sp³-hybridized carbons (Fsp3) is 0.294. The standard InChI is InChI=1S/C17H17FN4/c18-15-6-3-7-16(21-15)22-10-8-12(9-11-22)17-19-13-4-1-2-5-14(13)20-17/h1-7,12H,8-11H2,(H,19,20). The highest BCUT2D eigenvalue weighted by Crippen LogP contribution is 2.29. The molecule has 0 amide bonds. The highest BCUT2D eigenvalue weighted by molar-refractivity contribution is 5.74. The summed E-state index contributed by atoms with van der Waals surface area (Å²) >= 11 is 0. The average molecular weight is 296 g/mol. The Morgan fingerprint density at radius 2 is 1.82 bits per heavy atom. The van der Waals surface area contributed by atoms with E-state index >= 15 is 0 Å². The largest absolute Gasteiger partial charge is 0.356 e. The summed E-state index contributed by atoms with van der Waals surface area (Å²) in [6.07, 6.45) is 2.00. The van der Waals surface area contributed by atoms with Crippen molar-refractivity contribution in [1.82, 2.24) is 15.0 Å². The molecular weight excluding hydrogens is 279 g/mol. The van der Waals surface area contributed by atoms with Crippen LogP contribution in [0.5, 0.6) is 0 Å². The van der Waals surface area contributed by atoms with E-state index in [2.05, 4.69) is 20.9 Å². The van der Waals surface area contributed by atoms with Gasteiger partial charge in [-0.1, -0.05) is 18.2 Å². The van der Waals surface area contributed by atoms with Crippen LogP contribution in [0, 0.1) is 5.95 Å². The van der Waals surface area contributed by atoms with Gasteiger partial charge >= 0.3 is 0 Å². The molecule has 3 heterocycles. The predicted octanol–water partition coefficient (Wildman–Crippen LogP) is 3.48. The van der Waals surface area contributed by atoms with Crippen LogP contribution >= 0.6 is 0 Å². The van der Waals surface area contributed by atoms with Crippen LogP contribution in [0.1, 0.15) is 24.6 Å². The number of imidazole rings is 1. The van der Waals surface area contributed by atoms with Crippen LogP contribution in [0.3, 0.4) is 0 Å². The Bertz CT molecular complexity index is 757. The number of halogens is 1. The number of rotatable bonds is 2. The Hall–Kier alpha value is -2.43. The van der Waals surface area contributed by atoms with Crippen molar-refractivity contribution in [3.8, 4) is 0 Å². The number of anilines is 1. The van der Waals surface area contributed by atoms with Gasteiger partial charge in [0.2, 0.25) is 5.95 Å². The predicted molar refractivity (Wildman–Crippen MR) is 84.5 cm³/mol. The molecule has 0 bridgehead atoms. The van der Waals surface area contributed by atoms with E-state index in [-0.39, 0.29) is 0 Å². The SMILES string of the molecule is Fc1cccc(N2CCC(c3nc4ccccc4[nH]3)CC2)n1. The summed E-state index contributed by atoms with van der Waals surface area (Å²) in [5, 5.41) is 0. The summed E-state index contributed by atoms with van der Waals surface area (Å²) in [6.45, 7) is 1.75. The van der Waals surface area contributed by atoms with Crippen LogP contribution in [-0.2, 0) is 0 Å². The lowest BCUT2D eigenvalue weighted by Gasteiger charge is -2.31. The van der Waals surface area contributed by atoms with Crippen LogP contribution in [-0.4, -0.2) is 28.0 Å². The highest BCUT2D eigenvalue weighted by atomic mass is 19.1. The number of hydrogen-bond donors (Lipinski definition) is 1. The summed E-state index contributed by atoms with van der Waals surface area (Å²) in [7, 11) is 0. The molecule has 1 aromatic carbocycles. The Balaban J connectivity index is 1.49. The van der Waals surface area contributed by atoms with Gasteiger partial charge in [0, 0.05) is 19.0 Å². The van der Waals surface area contributed by atoms with Crippen LogP contribution < -0.4 is 4.90 Å². The minimum Gasteiger partial charge on any atom is -0.356 e. The number of hydrogen-bond acceptors (Lipinski definition) is 3. The van der Waals surface area contributed by atoms with Crippen LogP contribution in [0.2, 0.25) is 0 Å². The summed E-state index contributed by atoms with van der Waals surface area (Å²) < 4.78 is 13.2. The van der Waals surface area contributed by atoms with Crippen LogP contribution in [0.4, 0.5) is 10.2 Å². The van der Waals surface area contributed by atoms with E-state index in [0.717, 1.165) is 48.6 Å². The zero-order valence-corrected chi connectivity index (χ0v) is 12.2. The van der Waals surface area contributed by atoms with Gasteiger partial charge in [-0.15, -0.1) is 0 Å². The summed E-state index contributed by atoms with van der Waals surface area (Å²) in [4.78, 5) is 14.2. The summed E-state index contributed by atoms with van der Waals surface area (Å²) in [6, 6.07) is 13.1. The number of nitrogens with zero attached hydrogens (tertiary/aromatic N) is 3. The minimum atomic E-state index is -0.420. The topological polar surface area (TPSA) is 44.8 Å². The summed E-state index contributed by atoms with van der Waals surface area (Å²) in [5.74, 6) is 1.80. The van der Waals surface area contributed by atoms with Gasteiger partial charge in [0.05, 0.1) is 11.0 Å². The lowest BCUT2D eigenvalue weighted by molar-refractivity contribution is 0.484. The van der Waals surface area contributed by atoms with Gasteiger partial charge in [-0.3, -0.25) is 0 Å². The zero-order chi connectivity index (χ0) is 14.9. The molecule has 22 heavy (non-hydrogen) atoms. The van der Waals surface area contributed by atoms with E-state index in [0.29, 0.717) is 5.92 Å². The Morgan fingerprint density at radius 1 is 1.00 bits per heavy atom. The third-order valence-electron chi connectivity index (χ3n) is 4.31. The normalized spacial score (nSPS) is 16.3. The number of H-pyrrole nitrogens is 1. The molecular formula is C17H17FN4. The Kier molecular flexibility index (Phi) is 3.25. The number of pyridine rings is 1. The molecule has 1 aliphatic rings. The molecule has 0 aliphatic carbocycles. The van der Waals surface area contributed by atoms with Gasteiger partial charge in [-0.05, 0) is 37.1 Å². The second-order valence-corrected chi connectivity index (χ2v) is 5.72. The fourth-order valence-electron chi connectivity index (χ4n) is 3.12. The average Bonchev–Trinajstić information content (AvgIpc) is 2.99. The zero-order valence-electron chi connectivity index (χ0n) is 12.2. The molecule has 112 valence electrons. The number of aromatic amines is 1. The molecule has 1 aliphatic heterocycles. The number of para-hydroxylation sites is 2. The van der Waals surface area contributed by atoms with Crippen molar-refractivity contribution in [3.63, 3.8) is 0 Å². The van der Waals surface area contributed by atoms with E-state index in [1.807, 2.05) is 24.3 Å². The molecule has 0 radical (unpaired) electrons. The molecule has 0 atom stereocenters. The second-order valence-electron chi connectivity index (χ2n) is 5.72. The molecule has 2 aromatic heterocycles. The first-order valence-corrected chi connectivity index (χ1v) is 7.62. The van der Waals surface area contributed by atoms with Gasteiger partial charge in [-0.25, -0.2) is 9.97 Å². The van der Waals surface area contributed by atoms with Gasteiger partial charge in [0.15, 0.2) is 0 Å². The number of aromatic nitrogens is 3. The van der Waals surface area contributed by atoms with Crippen LogP contribution in [0.15, 0.2) is 42.5 Å². The van der Waals surface area contributed by atoms with Crippen molar-refractivity contribution in [2.24, 2.45) is 0 Å². The van der Waals surface area contributed by atoms with Gasteiger partial charge in [-0.2, -0.15) is 4.39 Å². The van der Waals surface area contributed by atoms with Crippen molar-refractivity contribution < 1.29 is 4.39 Å². The first-order valence-electron chi connectivity index (χ1n) is 7.62. The molecule has 0 saturated carbocycles. The molecule has 4 rings (SSSR count). The summed E-state index contributed by atoms with van der Waals surface area (Å²) in [5.41, 5.74) is 2.11. The van der Waals surface area contributed by atoms with E-state index in [4.69, 9.17) is 4.98 Å². The molecule has 0 spiro atoms. The molecule has 4 nitrogen and oxygen atoms in total. The molecule has 3 aromatic rings. The lowest BCUT2D eigenvalue weighted by Crippen LogP contribution is -2.33. The Morgan fingerprint density at radius 3 is 2.59 bits per heavy atom. The molecule has 1 saturated heterocycles. The minimum absolute atomic E-state index is 0.420. The van der Waals surface area contributed by atoms with Crippen molar-refractivity contribution in [1.29, 1.82) is 0 Å². The van der Waals surface area contributed by atoms with E-state index in [1.54, 1.807) is 6.07 Å². The number of fused-ring (bicyclic) bond motifs is 1. The maximum absolute atomic E-state index is 13.2. The first kappa shape index (κ1) is 13.2. The van der Waals surface area contributed by atoms with Crippen molar-refractivity contribution >= 4 is 16.9 Å². The van der Waals surface area contributed by atoms with Gasteiger partial charge in [0.25, 0.3) is 0 Å². The van der Waals surface area contributed by atoms with Crippen molar-refractivity contribution in [3.05, 3.63) is 54.2 Å². The Labute approximate surface area is 128 Å². The van der Waals surface area contributed by atoms with Gasteiger partial charge < -0.3 is 9.88 Å². The lowest BCUT2D eigenvalue weighted by atomic mass is 9.96. The maximum Gasteiger partial charge on any atom is 0.214 e. The molecule has 1 fully saturated rings. The highest BCUT2D eigenvalue weighted by Gasteiger charge is 2.23. The van der Waals surface area contributed by atoms with E-state index in [1.165, 1.54) is 6.07 Å². The number of piperidine rings is 1. The number of nitrogens with one attached hydrogen (secondary N) is 1. The number of benzene rings is 1. The smallest absolute Gasteiger partial charge is 0.214 e. The maximum atomic E-state index is 13.2. The quantitative estimate of drug-likeness (QED) is 0.736. The van der Waals surface area contributed by atoms with E-state index in [9.17, 15) is 4.39 Å². The third-order valence-corrected chi connectivity index (χ3v) is 4.31. The van der Waals surface area contributed by atoms with Gasteiger partial charge in [0.1, 0.15) is 11.6 Å². The fourth-order valence-corrected chi connectivity index (χ4v) is 3.12. The second kappa shape index (κ2) is 5.40.